The monoisotopic (exact) mass is 275 g/mol. The molecule has 0 saturated heterocycles. The minimum absolute atomic E-state index is 0. The van der Waals surface area contributed by atoms with Crippen LogP contribution in [0.25, 0.3) is 0 Å². The first kappa shape index (κ1) is 20.6. The molecule has 0 radical (unpaired) electrons. The molecule has 0 fully saturated rings. The molecule has 2 heteroatoms. The van der Waals surface area contributed by atoms with Gasteiger partial charge in [-0.2, -0.15) is 12.6 Å². The predicted octanol–water partition coefficient (Wildman–Crippen LogP) is 6.56. The van der Waals surface area contributed by atoms with E-state index >= 15 is 0 Å². The van der Waals surface area contributed by atoms with Gasteiger partial charge in [-0.15, -0.1) is 0 Å². The van der Waals surface area contributed by atoms with Gasteiger partial charge >= 0.3 is 0 Å². The summed E-state index contributed by atoms with van der Waals surface area (Å²) in [4.78, 5) is 0. The van der Waals surface area contributed by atoms with Crippen LogP contribution in [0.15, 0.2) is 0 Å². The largest absolute Gasteiger partial charge is 0.344 e. The van der Waals surface area contributed by atoms with Gasteiger partial charge in [0.25, 0.3) is 0 Å². The Morgan fingerprint density at radius 3 is 1.06 bits per heavy atom. The summed E-state index contributed by atoms with van der Waals surface area (Å²) in [7, 11) is 0. The van der Waals surface area contributed by atoms with Crippen LogP contribution in [0, 0.1) is 0 Å². The highest BCUT2D eigenvalue weighted by atomic mass is 32.1. The van der Waals surface area contributed by atoms with Gasteiger partial charge in [0, 0.05) is 0 Å². The summed E-state index contributed by atoms with van der Waals surface area (Å²) >= 11 is 4.23. The van der Waals surface area contributed by atoms with Gasteiger partial charge in [-0.25, -0.2) is 0 Å². The molecule has 0 heterocycles. The van der Waals surface area contributed by atoms with Crippen molar-refractivity contribution in [3.05, 3.63) is 0 Å². The Morgan fingerprint density at radius 2 is 0.778 bits per heavy atom. The van der Waals surface area contributed by atoms with Crippen molar-refractivity contribution in [2.75, 3.05) is 5.75 Å². The van der Waals surface area contributed by atoms with Gasteiger partial charge in [-0.1, -0.05) is 90.4 Å². The second-order valence-electron chi connectivity index (χ2n) is 5.32. The van der Waals surface area contributed by atoms with E-state index < -0.39 is 0 Å². The fourth-order valence-electron chi connectivity index (χ4n) is 2.31. The Hall–Kier alpha value is 0.310. The van der Waals surface area contributed by atoms with E-state index in [0.29, 0.717) is 0 Å². The number of unbranched alkanes of at least 4 members (excludes halogenated alkanes) is 13. The summed E-state index contributed by atoms with van der Waals surface area (Å²) in [6, 6.07) is 0. The first-order chi connectivity index (χ1) is 8.41. The van der Waals surface area contributed by atoms with Crippen molar-refractivity contribution in [1.82, 2.24) is 6.15 Å². The quantitative estimate of drug-likeness (QED) is 0.273. The highest BCUT2D eigenvalue weighted by molar-refractivity contribution is 7.80. The first-order valence-corrected chi connectivity index (χ1v) is 8.66. The molecule has 0 aromatic rings. The van der Waals surface area contributed by atoms with Crippen molar-refractivity contribution in [1.29, 1.82) is 0 Å². The molecule has 112 valence electrons. The van der Waals surface area contributed by atoms with Crippen LogP contribution in [0.3, 0.4) is 0 Å². The molecule has 18 heavy (non-hydrogen) atoms. The van der Waals surface area contributed by atoms with E-state index in [0.717, 1.165) is 5.75 Å². The molecule has 0 spiro atoms. The smallest absolute Gasteiger partial charge is 0.00979 e. The van der Waals surface area contributed by atoms with E-state index in [9.17, 15) is 0 Å². The summed E-state index contributed by atoms with van der Waals surface area (Å²) in [6.45, 7) is 2.29. The maximum atomic E-state index is 4.23. The Kier molecular flexibility index (Phi) is 22.5. The van der Waals surface area contributed by atoms with Crippen molar-refractivity contribution in [2.45, 2.75) is 96.8 Å². The van der Waals surface area contributed by atoms with Crippen molar-refractivity contribution in [3.63, 3.8) is 0 Å². The molecular weight excluding hydrogens is 238 g/mol. The zero-order chi connectivity index (χ0) is 12.6. The number of hydrogen-bond acceptors (Lipinski definition) is 2. The van der Waals surface area contributed by atoms with Crippen LogP contribution in [-0.4, -0.2) is 5.75 Å². The lowest BCUT2D eigenvalue weighted by atomic mass is 10.0. The minimum atomic E-state index is 0. The third kappa shape index (κ3) is 18.7. The van der Waals surface area contributed by atoms with Gasteiger partial charge in [-0.3, -0.25) is 0 Å². The van der Waals surface area contributed by atoms with Crippen LogP contribution in [0.4, 0.5) is 0 Å². The zero-order valence-corrected chi connectivity index (χ0v) is 13.7. The Bertz CT molecular complexity index is 114. The van der Waals surface area contributed by atoms with Crippen molar-refractivity contribution < 1.29 is 0 Å². The van der Waals surface area contributed by atoms with E-state index in [1.807, 2.05) is 0 Å². The average Bonchev–Trinajstić information content (AvgIpc) is 2.35. The summed E-state index contributed by atoms with van der Waals surface area (Å²) in [5, 5.41) is 0. The van der Waals surface area contributed by atoms with Gasteiger partial charge in [0.1, 0.15) is 0 Å². The highest BCUT2D eigenvalue weighted by Crippen LogP contribution is 2.12. The van der Waals surface area contributed by atoms with E-state index in [-0.39, 0.29) is 6.15 Å². The van der Waals surface area contributed by atoms with Crippen LogP contribution in [-0.2, 0) is 0 Å². The zero-order valence-electron chi connectivity index (χ0n) is 12.8. The molecule has 0 saturated carbocycles. The molecule has 0 unspecified atom stereocenters. The number of hydrogen-bond donors (Lipinski definition) is 2. The number of rotatable bonds is 14. The molecule has 0 aromatic carbocycles. The molecule has 3 N–H and O–H groups in total. The Labute approximate surface area is 122 Å². The Morgan fingerprint density at radius 1 is 0.500 bits per heavy atom. The Balaban J connectivity index is 0. The van der Waals surface area contributed by atoms with Crippen LogP contribution in [0.1, 0.15) is 96.8 Å². The molecular formula is C16H37NS. The summed E-state index contributed by atoms with van der Waals surface area (Å²) in [6.07, 6.45) is 20.1. The van der Waals surface area contributed by atoms with Crippen LogP contribution in [0.5, 0.6) is 0 Å². The lowest BCUT2D eigenvalue weighted by Gasteiger charge is -2.02. The van der Waals surface area contributed by atoms with E-state index in [2.05, 4.69) is 19.6 Å². The normalized spacial score (nSPS) is 10.3. The molecule has 0 bridgehead atoms. The highest BCUT2D eigenvalue weighted by Gasteiger charge is 1.93. The van der Waals surface area contributed by atoms with Crippen molar-refractivity contribution in [2.24, 2.45) is 0 Å². The standard InChI is InChI=1S/C16H34S.H3N/c1-2-3-4-5-6-7-8-9-10-11-12-13-14-15-16-17;/h17H,2-16H2,1H3;1H3. The van der Waals surface area contributed by atoms with Crippen LogP contribution in [0.2, 0.25) is 0 Å². The molecule has 0 aromatic heterocycles. The molecule has 0 rings (SSSR count). The summed E-state index contributed by atoms with van der Waals surface area (Å²) < 4.78 is 0. The topological polar surface area (TPSA) is 35.0 Å². The van der Waals surface area contributed by atoms with E-state index in [4.69, 9.17) is 0 Å². The van der Waals surface area contributed by atoms with Gasteiger partial charge in [0.05, 0.1) is 0 Å². The van der Waals surface area contributed by atoms with Gasteiger partial charge in [0.15, 0.2) is 0 Å². The molecule has 0 aliphatic heterocycles. The third-order valence-electron chi connectivity index (χ3n) is 3.51. The average molecular weight is 276 g/mol. The van der Waals surface area contributed by atoms with Gasteiger partial charge < -0.3 is 6.15 Å². The summed E-state index contributed by atoms with van der Waals surface area (Å²) in [5.41, 5.74) is 0. The molecule has 0 atom stereocenters. The lowest BCUT2D eigenvalue weighted by Crippen LogP contribution is -1.83. The van der Waals surface area contributed by atoms with Crippen LogP contribution >= 0.6 is 12.6 Å². The molecule has 1 nitrogen and oxygen atoms in total. The van der Waals surface area contributed by atoms with E-state index in [1.54, 1.807) is 0 Å². The second kappa shape index (κ2) is 19.6. The predicted molar refractivity (Wildman–Crippen MR) is 89.2 cm³/mol. The van der Waals surface area contributed by atoms with Crippen LogP contribution < -0.4 is 6.15 Å². The maximum Gasteiger partial charge on any atom is -0.00979 e. The molecule has 0 amide bonds. The SMILES string of the molecule is CCCCCCCCCCCCCCCCS.N. The lowest BCUT2D eigenvalue weighted by molar-refractivity contribution is 0.538. The second-order valence-corrected chi connectivity index (χ2v) is 5.77. The van der Waals surface area contributed by atoms with E-state index in [1.165, 1.54) is 89.9 Å². The number of thiol groups is 1. The first-order valence-electron chi connectivity index (χ1n) is 8.02. The summed E-state index contributed by atoms with van der Waals surface area (Å²) in [5.74, 6) is 1.07. The molecule has 0 aliphatic carbocycles. The minimum Gasteiger partial charge on any atom is -0.344 e. The maximum absolute atomic E-state index is 4.23. The fraction of sp³-hybridized carbons (Fsp3) is 1.00. The third-order valence-corrected chi connectivity index (χ3v) is 3.83. The van der Waals surface area contributed by atoms with Crippen molar-refractivity contribution in [3.8, 4) is 0 Å². The van der Waals surface area contributed by atoms with Gasteiger partial charge in [-0.05, 0) is 12.2 Å². The van der Waals surface area contributed by atoms with Crippen molar-refractivity contribution >= 4 is 12.6 Å². The fourth-order valence-corrected chi connectivity index (χ4v) is 2.53. The molecule has 0 aliphatic rings. The van der Waals surface area contributed by atoms with Gasteiger partial charge in [0.2, 0.25) is 0 Å².